The number of aromatic carboxylic acids is 1. The zero-order chi connectivity index (χ0) is 22.7. The van der Waals surface area contributed by atoms with Gasteiger partial charge in [-0.05, 0) is 59.4 Å². The SMILES string of the molecule is CC1(C)C[C@@H](OC(=O)c2cccnc2)Sc2ccc(C#Cc3ccc(C(=O)O)cn3)cc21. The Bertz CT molecular complexity index is 1230. The monoisotopic (exact) mass is 444 g/mol. The van der Waals surface area contributed by atoms with Crippen molar-refractivity contribution < 1.29 is 19.4 Å². The van der Waals surface area contributed by atoms with Crippen molar-refractivity contribution in [1.29, 1.82) is 0 Å². The number of carboxylic acid groups (broad SMARTS) is 1. The Morgan fingerprint density at radius 1 is 1.12 bits per heavy atom. The number of carboxylic acids is 1. The van der Waals surface area contributed by atoms with Crippen LogP contribution in [-0.4, -0.2) is 32.4 Å². The standard InChI is InChI=1S/C25H20N2O4S/c1-25(2)13-22(31-24(30)18-4-3-11-26-14-18)32-21-10-6-16(12-20(21)25)5-8-19-9-7-17(15-27-19)23(28)29/h3-4,6-7,9-12,14-15,22H,13H2,1-2H3,(H,28,29)/t22-/m0/s1. The summed E-state index contributed by atoms with van der Waals surface area (Å²) < 4.78 is 5.74. The Hall–Kier alpha value is -3.63. The molecule has 0 amide bonds. The molecule has 1 aliphatic heterocycles. The minimum atomic E-state index is -1.02. The van der Waals surface area contributed by atoms with E-state index in [2.05, 4.69) is 41.7 Å². The molecule has 160 valence electrons. The second kappa shape index (κ2) is 8.85. The Labute approximate surface area is 190 Å². The van der Waals surface area contributed by atoms with Gasteiger partial charge in [0, 0.05) is 35.5 Å². The van der Waals surface area contributed by atoms with Crippen molar-refractivity contribution in [2.45, 2.75) is 36.0 Å². The highest BCUT2D eigenvalue weighted by molar-refractivity contribution is 7.99. The van der Waals surface area contributed by atoms with E-state index in [0.717, 1.165) is 16.0 Å². The molecule has 1 N–H and O–H groups in total. The lowest BCUT2D eigenvalue weighted by Gasteiger charge is -2.36. The van der Waals surface area contributed by atoms with E-state index in [1.54, 1.807) is 24.4 Å². The van der Waals surface area contributed by atoms with Gasteiger partial charge in [0.05, 0.1) is 11.1 Å². The summed E-state index contributed by atoms with van der Waals surface area (Å²) in [5.74, 6) is 4.69. The number of pyridine rings is 2. The number of esters is 1. The number of ether oxygens (including phenoxy) is 1. The van der Waals surface area contributed by atoms with Gasteiger partial charge >= 0.3 is 11.9 Å². The minimum absolute atomic E-state index is 0.127. The highest BCUT2D eigenvalue weighted by atomic mass is 32.2. The number of carbonyl (C=O) groups excluding carboxylic acids is 1. The summed E-state index contributed by atoms with van der Waals surface area (Å²) in [5, 5.41) is 8.96. The maximum absolute atomic E-state index is 12.4. The summed E-state index contributed by atoms with van der Waals surface area (Å²) in [6.45, 7) is 4.25. The number of aromatic nitrogens is 2. The van der Waals surface area contributed by atoms with Crippen LogP contribution in [0.4, 0.5) is 0 Å². The first-order chi connectivity index (χ1) is 15.3. The van der Waals surface area contributed by atoms with E-state index in [4.69, 9.17) is 9.84 Å². The molecule has 0 spiro atoms. The fourth-order valence-corrected chi connectivity index (χ4v) is 4.94. The van der Waals surface area contributed by atoms with Crippen LogP contribution in [0.15, 0.2) is 66.0 Å². The summed E-state index contributed by atoms with van der Waals surface area (Å²) in [6, 6.07) is 12.5. The molecule has 3 aromatic rings. The van der Waals surface area contributed by atoms with Crippen molar-refractivity contribution in [2.24, 2.45) is 0 Å². The second-order valence-corrected chi connectivity index (χ2v) is 9.18. The molecule has 0 fully saturated rings. The molecule has 32 heavy (non-hydrogen) atoms. The van der Waals surface area contributed by atoms with Crippen LogP contribution in [0.25, 0.3) is 0 Å². The van der Waals surface area contributed by atoms with E-state index in [-0.39, 0.29) is 22.4 Å². The highest BCUT2D eigenvalue weighted by Gasteiger charge is 2.35. The van der Waals surface area contributed by atoms with E-state index < -0.39 is 5.97 Å². The maximum atomic E-state index is 12.4. The molecule has 0 unspecified atom stereocenters. The molecule has 0 saturated carbocycles. The number of rotatable bonds is 3. The van der Waals surface area contributed by atoms with Gasteiger partial charge in [-0.3, -0.25) is 4.98 Å². The predicted octanol–water partition coefficient (Wildman–Crippen LogP) is 4.53. The molecular formula is C25H20N2O4S. The molecule has 1 aliphatic rings. The van der Waals surface area contributed by atoms with E-state index in [9.17, 15) is 9.59 Å². The molecule has 7 heteroatoms. The van der Waals surface area contributed by atoms with E-state index in [0.29, 0.717) is 17.7 Å². The molecule has 0 radical (unpaired) electrons. The third kappa shape index (κ3) is 4.82. The van der Waals surface area contributed by atoms with Crippen LogP contribution in [0.2, 0.25) is 0 Å². The number of hydrogen-bond donors (Lipinski definition) is 1. The zero-order valence-corrected chi connectivity index (χ0v) is 18.3. The van der Waals surface area contributed by atoms with Gasteiger partial charge in [-0.15, -0.1) is 0 Å². The molecular weight excluding hydrogens is 424 g/mol. The summed E-state index contributed by atoms with van der Waals surface area (Å²) in [5.41, 5.74) is 2.56. The normalized spacial score (nSPS) is 16.2. The summed E-state index contributed by atoms with van der Waals surface area (Å²) >= 11 is 1.53. The Morgan fingerprint density at radius 3 is 2.66 bits per heavy atom. The van der Waals surface area contributed by atoms with Crippen LogP contribution in [0.1, 0.15) is 57.8 Å². The number of benzene rings is 1. The van der Waals surface area contributed by atoms with Gasteiger partial charge in [0.25, 0.3) is 0 Å². The van der Waals surface area contributed by atoms with Gasteiger partial charge in [0.15, 0.2) is 5.44 Å². The fourth-order valence-electron chi connectivity index (χ4n) is 3.42. The lowest BCUT2D eigenvalue weighted by molar-refractivity contribution is 0.0415. The smallest absolute Gasteiger partial charge is 0.340 e. The minimum Gasteiger partial charge on any atom is -0.478 e. The topological polar surface area (TPSA) is 89.4 Å². The van der Waals surface area contributed by atoms with Crippen LogP contribution in [0.3, 0.4) is 0 Å². The molecule has 2 aromatic heterocycles. The lowest BCUT2D eigenvalue weighted by Crippen LogP contribution is -2.31. The Morgan fingerprint density at radius 2 is 1.97 bits per heavy atom. The maximum Gasteiger partial charge on any atom is 0.340 e. The van der Waals surface area contributed by atoms with Gasteiger partial charge in [0.2, 0.25) is 0 Å². The van der Waals surface area contributed by atoms with Gasteiger partial charge in [-0.25, -0.2) is 14.6 Å². The predicted molar refractivity (Wildman–Crippen MR) is 121 cm³/mol. The number of hydrogen-bond acceptors (Lipinski definition) is 6. The van der Waals surface area contributed by atoms with Crippen LogP contribution in [0, 0.1) is 11.8 Å². The zero-order valence-electron chi connectivity index (χ0n) is 17.5. The summed E-state index contributed by atoms with van der Waals surface area (Å²) in [6.07, 6.45) is 5.09. The van der Waals surface area contributed by atoms with E-state index in [1.165, 1.54) is 30.2 Å². The molecule has 4 rings (SSSR count). The first-order valence-electron chi connectivity index (χ1n) is 9.95. The molecule has 0 bridgehead atoms. The lowest BCUT2D eigenvalue weighted by atomic mass is 9.80. The van der Waals surface area contributed by atoms with Crippen molar-refractivity contribution in [1.82, 2.24) is 9.97 Å². The van der Waals surface area contributed by atoms with E-state index in [1.807, 2.05) is 12.1 Å². The third-order valence-electron chi connectivity index (χ3n) is 5.13. The molecule has 0 saturated heterocycles. The van der Waals surface area contributed by atoms with Crippen molar-refractivity contribution in [2.75, 3.05) is 0 Å². The third-order valence-corrected chi connectivity index (χ3v) is 6.26. The van der Waals surface area contributed by atoms with Crippen molar-refractivity contribution in [3.8, 4) is 11.8 Å². The number of carbonyl (C=O) groups is 2. The molecule has 1 atom stereocenters. The Kier molecular flexibility index (Phi) is 5.97. The second-order valence-electron chi connectivity index (χ2n) is 7.98. The van der Waals surface area contributed by atoms with Gasteiger partial charge < -0.3 is 9.84 Å². The van der Waals surface area contributed by atoms with Crippen molar-refractivity contribution in [3.63, 3.8) is 0 Å². The first kappa shape index (κ1) is 21.6. The Balaban J connectivity index is 1.52. The average molecular weight is 445 g/mol. The van der Waals surface area contributed by atoms with Gasteiger partial charge in [0.1, 0.15) is 5.69 Å². The molecule has 6 nitrogen and oxygen atoms in total. The first-order valence-corrected chi connectivity index (χ1v) is 10.8. The van der Waals surface area contributed by atoms with Crippen molar-refractivity contribution in [3.05, 3.63) is 89.0 Å². The fraction of sp³-hybridized carbons (Fsp3) is 0.200. The largest absolute Gasteiger partial charge is 0.478 e. The highest BCUT2D eigenvalue weighted by Crippen LogP contribution is 2.46. The van der Waals surface area contributed by atoms with Crippen LogP contribution in [0.5, 0.6) is 0 Å². The molecule has 1 aromatic carbocycles. The summed E-state index contributed by atoms with van der Waals surface area (Å²) in [7, 11) is 0. The average Bonchev–Trinajstić information content (AvgIpc) is 2.78. The number of nitrogens with zero attached hydrogens (tertiary/aromatic N) is 2. The molecule has 0 aliphatic carbocycles. The summed E-state index contributed by atoms with van der Waals surface area (Å²) in [4.78, 5) is 32.5. The van der Waals surface area contributed by atoms with Crippen LogP contribution < -0.4 is 0 Å². The quantitative estimate of drug-likeness (QED) is 0.469. The van der Waals surface area contributed by atoms with E-state index >= 15 is 0 Å². The van der Waals surface area contributed by atoms with Gasteiger partial charge in [-0.2, -0.15) is 0 Å². The van der Waals surface area contributed by atoms with Crippen molar-refractivity contribution >= 4 is 23.7 Å². The number of thioether (sulfide) groups is 1. The molecule has 3 heterocycles. The van der Waals surface area contributed by atoms with Crippen LogP contribution >= 0.6 is 11.8 Å². The van der Waals surface area contributed by atoms with Gasteiger partial charge in [-0.1, -0.05) is 31.5 Å². The van der Waals surface area contributed by atoms with Crippen LogP contribution in [-0.2, 0) is 10.2 Å². The number of fused-ring (bicyclic) bond motifs is 1.